The number of benzene rings is 2. The first-order valence-electron chi connectivity index (χ1n) is 10.9. The molecule has 1 saturated heterocycles. The highest BCUT2D eigenvalue weighted by Gasteiger charge is 2.39. The highest BCUT2D eigenvalue weighted by molar-refractivity contribution is 6.05. The summed E-state index contributed by atoms with van der Waals surface area (Å²) in [7, 11) is 0. The Morgan fingerprint density at radius 1 is 1.06 bits per heavy atom. The van der Waals surface area contributed by atoms with Crippen LogP contribution in [0.15, 0.2) is 36.4 Å². The summed E-state index contributed by atoms with van der Waals surface area (Å²) in [6.45, 7) is 2.88. The molecule has 0 radical (unpaired) electrons. The largest absolute Gasteiger partial charge is 0.385 e. The van der Waals surface area contributed by atoms with Crippen LogP contribution in [-0.2, 0) is 35.6 Å². The summed E-state index contributed by atoms with van der Waals surface area (Å²) in [6.07, 6.45) is 2.91. The van der Waals surface area contributed by atoms with Gasteiger partial charge in [0.1, 0.15) is 6.04 Å². The van der Waals surface area contributed by atoms with Crippen molar-refractivity contribution < 1.29 is 14.4 Å². The molecule has 3 aliphatic rings. The number of nitrogens with zero attached hydrogens (tertiary/aromatic N) is 1. The van der Waals surface area contributed by atoms with Crippen LogP contribution in [-0.4, -0.2) is 35.2 Å². The van der Waals surface area contributed by atoms with Crippen LogP contribution in [0.25, 0.3) is 0 Å². The number of carbonyl (C=O) groups excluding carboxylic acids is 3. The van der Waals surface area contributed by atoms with E-state index in [0.717, 1.165) is 37.1 Å². The van der Waals surface area contributed by atoms with E-state index in [-0.39, 0.29) is 24.1 Å². The fourth-order valence-corrected chi connectivity index (χ4v) is 4.80. The molecule has 3 amide bonds. The Balaban J connectivity index is 1.24. The molecule has 7 heteroatoms. The first-order valence-corrected chi connectivity index (χ1v) is 10.9. The van der Waals surface area contributed by atoms with E-state index in [2.05, 4.69) is 34.1 Å². The molecule has 5 rings (SSSR count). The minimum absolute atomic E-state index is 0.130. The lowest BCUT2D eigenvalue weighted by Crippen LogP contribution is -2.52. The van der Waals surface area contributed by atoms with Crippen molar-refractivity contribution in [2.45, 2.75) is 51.4 Å². The number of imide groups is 1. The van der Waals surface area contributed by atoms with Gasteiger partial charge >= 0.3 is 0 Å². The maximum Gasteiger partial charge on any atom is 0.255 e. The van der Waals surface area contributed by atoms with Gasteiger partial charge < -0.3 is 15.5 Å². The monoisotopic (exact) mass is 418 g/mol. The molecule has 1 atom stereocenters. The van der Waals surface area contributed by atoms with Crippen molar-refractivity contribution in [3.8, 4) is 0 Å². The van der Waals surface area contributed by atoms with E-state index in [1.807, 2.05) is 18.2 Å². The second-order valence-electron chi connectivity index (χ2n) is 8.47. The van der Waals surface area contributed by atoms with E-state index in [1.54, 1.807) is 4.90 Å². The molecule has 1 fully saturated rings. The van der Waals surface area contributed by atoms with Crippen molar-refractivity contribution in [1.29, 1.82) is 0 Å². The van der Waals surface area contributed by atoms with Gasteiger partial charge in [0.2, 0.25) is 11.8 Å². The predicted molar refractivity (Wildman–Crippen MR) is 116 cm³/mol. The molecular formula is C24H26N4O3. The molecular weight excluding hydrogens is 392 g/mol. The van der Waals surface area contributed by atoms with Crippen LogP contribution in [0.5, 0.6) is 0 Å². The second kappa shape index (κ2) is 8.15. The number of hydrogen-bond donors (Lipinski definition) is 3. The molecule has 7 nitrogen and oxygen atoms in total. The van der Waals surface area contributed by atoms with E-state index >= 15 is 0 Å². The van der Waals surface area contributed by atoms with Crippen molar-refractivity contribution in [3.63, 3.8) is 0 Å². The molecule has 0 spiro atoms. The summed E-state index contributed by atoms with van der Waals surface area (Å²) in [6, 6.07) is 11.8. The second-order valence-corrected chi connectivity index (χ2v) is 8.47. The lowest BCUT2D eigenvalue weighted by molar-refractivity contribution is -0.136. The highest BCUT2D eigenvalue weighted by Crippen LogP contribution is 2.28. The third-order valence-electron chi connectivity index (χ3n) is 6.43. The van der Waals surface area contributed by atoms with Crippen molar-refractivity contribution in [2.24, 2.45) is 0 Å². The molecule has 0 saturated carbocycles. The summed E-state index contributed by atoms with van der Waals surface area (Å²) in [5.74, 6) is -0.774. The quantitative estimate of drug-likeness (QED) is 0.647. The van der Waals surface area contributed by atoms with Crippen molar-refractivity contribution in [3.05, 3.63) is 64.2 Å². The van der Waals surface area contributed by atoms with Crippen LogP contribution < -0.4 is 16.0 Å². The molecule has 0 aliphatic carbocycles. The van der Waals surface area contributed by atoms with E-state index < -0.39 is 6.04 Å². The van der Waals surface area contributed by atoms with Gasteiger partial charge in [0.25, 0.3) is 5.91 Å². The fraction of sp³-hybridized carbons (Fsp3) is 0.375. The summed E-state index contributed by atoms with van der Waals surface area (Å²) in [5.41, 5.74) is 6.57. The third-order valence-corrected chi connectivity index (χ3v) is 6.43. The molecule has 3 heterocycles. The van der Waals surface area contributed by atoms with E-state index in [1.165, 1.54) is 16.8 Å². The normalized spacial score (nSPS) is 20.2. The summed E-state index contributed by atoms with van der Waals surface area (Å²) in [5, 5.41) is 9.31. The lowest BCUT2D eigenvalue weighted by atomic mass is 9.97. The van der Waals surface area contributed by atoms with Crippen LogP contribution >= 0.6 is 0 Å². The number of carbonyl (C=O) groups is 3. The number of rotatable bonds is 5. The Bertz CT molecular complexity index is 1060. The average Bonchev–Trinajstić information content (AvgIpc) is 3.10. The maximum atomic E-state index is 13.0. The Morgan fingerprint density at radius 3 is 2.84 bits per heavy atom. The first-order chi connectivity index (χ1) is 15.1. The predicted octanol–water partition coefficient (Wildman–Crippen LogP) is 2.10. The smallest absolute Gasteiger partial charge is 0.255 e. The van der Waals surface area contributed by atoms with Crippen LogP contribution in [0.3, 0.4) is 0 Å². The molecule has 3 aliphatic heterocycles. The SMILES string of the molecule is O=C1CCC(N2Cc3ccc(CNCc4cccc5c4CCCN5)cc3C2=O)C(=O)N1. The van der Waals surface area contributed by atoms with E-state index in [0.29, 0.717) is 25.1 Å². The Morgan fingerprint density at radius 2 is 1.97 bits per heavy atom. The van der Waals surface area contributed by atoms with Gasteiger partial charge in [-0.1, -0.05) is 24.3 Å². The molecule has 31 heavy (non-hydrogen) atoms. The zero-order valence-corrected chi connectivity index (χ0v) is 17.4. The van der Waals surface area contributed by atoms with Crippen LogP contribution in [0.2, 0.25) is 0 Å². The average molecular weight is 418 g/mol. The van der Waals surface area contributed by atoms with Gasteiger partial charge in [-0.25, -0.2) is 0 Å². The molecule has 2 aromatic rings. The molecule has 1 unspecified atom stereocenters. The third kappa shape index (κ3) is 3.81. The van der Waals surface area contributed by atoms with Crippen LogP contribution in [0.4, 0.5) is 5.69 Å². The van der Waals surface area contributed by atoms with Crippen molar-refractivity contribution in [1.82, 2.24) is 15.5 Å². The highest BCUT2D eigenvalue weighted by atomic mass is 16.2. The number of hydrogen-bond acceptors (Lipinski definition) is 5. The number of anilines is 1. The maximum absolute atomic E-state index is 13.0. The Labute approximate surface area is 181 Å². The molecule has 2 aromatic carbocycles. The van der Waals surface area contributed by atoms with Crippen molar-refractivity contribution in [2.75, 3.05) is 11.9 Å². The number of piperidine rings is 1. The van der Waals surface area contributed by atoms with Gasteiger partial charge in [-0.3, -0.25) is 19.7 Å². The summed E-state index contributed by atoms with van der Waals surface area (Å²) >= 11 is 0. The number of fused-ring (bicyclic) bond motifs is 2. The van der Waals surface area contributed by atoms with E-state index in [4.69, 9.17) is 0 Å². The lowest BCUT2D eigenvalue weighted by Gasteiger charge is -2.29. The number of nitrogens with one attached hydrogen (secondary N) is 3. The van der Waals surface area contributed by atoms with Crippen LogP contribution in [0, 0.1) is 0 Å². The van der Waals surface area contributed by atoms with Crippen molar-refractivity contribution >= 4 is 23.4 Å². The number of amides is 3. The van der Waals surface area contributed by atoms with Gasteiger partial charge in [-0.05, 0) is 53.6 Å². The summed E-state index contributed by atoms with van der Waals surface area (Å²) < 4.78 is 0. The van der Waals surface area contributed by atoms with Gasteiger partial charge in [0.05, 0.1) is 0 Å². The minimum Gasteiger partial charge on any atom is -0.385 e. The Hall–Kier alpha value is -3.19. The van der Waals surface area contributed by atoms with E-state index in [9.17, 15) is 14.4 Å². The standard InChI is InChI=1S/C24H26N4O3/c29-22-9-8-21(23(30)27-22)28-14-17-7-6-15(11-19(17)24(28)31)12-25-13-16-3-1-5-20-18(16)4-2-10-26-20/h1,3,5-7,11,21,25-26H,2,4,8-10,12-14H2,(H,27,29,30). The van der Waals surface area contributed by atoms with Gasteiger partial charge in [-0.15, -0.1) is 0 Å². The molecule has 0 bridgehead atoms. The molecule has 0 aromatic heterocycles. The molecule has 3 N–H and O–H groups in total. The zero-order valence-electron chi connectivity index (χ0n) is 17.4. The topological polar surface area (TPSA) is 90.5 Å². The zero-order chi connectivity index (χ0) is 21.4. The van der Waals surface area contributed by atoms with Gasteiger partial charge in [0, 0.05) is 43.9 Å². The fourth-order valence-electron chi connectivity index (χ4n) is 4.80. The van der Waals surface area contributed by atoms with Crippen LogP contribution in [0.1, 0.15) is 51.9 Å². The van der Waals surface area contributed by atoms with Gasteiger partial charge in [-0.2, -0.15) is 0 Å². The minimum atomic E-state index is -0.572. The Kier molecular flexibility index (Phi) is 5.19. The van der Waals surface area contributed by atoms with Gasteiger partial charge in [0.15, 0.2) is 0 Å². The molecule has 160 valence electrons. The first kappa shape index (κ1) is 19.8. The summed E-state index contributed by atoms with van der Waals surface area (Å²) in [4.78, 5) is 38.2.